The molecule has 4 nitrogen and oxygen atoms in total. The van der Waals surface area contributed by atoms with Gasteiger partial charge in [0.2, 0.25) is 0 Å². The van der Waals surface area contributed by atoms with Crippen molar-refractivity contribution in [3.8, 4) is 5.75 Å². The lowest BCUT2D eigenvalue weighted by Gasteiger charge is -2.00. The first-order valence-electron chi connectivity index (χ1n) is 4.45. The summed E-state index contributed by atoms with van der Waals surface area (Å²) in [5, 5.41) is 9.68. The predicted molar refractivity (Wildman–Crippen MR) is 54.1 cm³/mol. The fourth-order valence-corrected chi connectivity index (χ4v) is 1.49. The zero-order valence-electron chi connectivity index (χ0n) is 8.19. The Kier molecular flexibility index (Phi) is 2.43. The molecule has 1 aromatic heterocycles. The SMILES string of the molecule is COc1cc(C=O)cc2cc(CO)oc12. The van der Waals surface area contributed by atoms with Crippen molar-refractivity contribution in [1.82, 2.24) is 0 Å². The highest BCUT2D eigenvalue weighted by Gasteiger charge is 2.10. The van der Waals surface area contributed by atoms with E-state index in [0.717, 1.165) is 11.7 Å². The number of rotatable bonds is 3. The van der Waals surface area contributed by atoms with E-state index in [9.17, 15) is 4.79 Å². The fraction of sp³-hybridized carbons (Fsp3) is 0.182. The Morgan fingerprint density at radius 2 is 2.27 bits per heavy atom. The summed E-state index contributed by atoms with van der Waals surface area (Å²) in [4.78, 5) is 10.7. The minimum Gasteiger partial charge on any atom is -0.493 e. The summed E-state index contributed by atoms with van der Waals surface area (Å²) in [6, 6.07) is 4.97. The monoisotopic (exact) mass is 206 g/mol. The average Bonchev–Trinajstić information content (AvgIpc) is 2.70. The molecule has 0 spiro atoms. The van der Waals surface area contributed by atoms with Gasteiger partial charge in [-0.25, -0.2) is 0 Å². The molecule has 4 heteroatoms. The van der Waals surface area contributed by atoms with Crippen molar-refractivity contribution >= 4 is 17.3 Å². The van der Waals surface area contributed by atoms with Crippen LogP contribution in [0.4, 0.5) is 0 Å². The molecule has 0 radical (unpaired) electrons. The average molecular weight is 206 g/mol. The van der Waals surface area contributed by atoms with Crippen molar-refractivity contribution in [3.63, 3.8) is 0 Å². The molecule has 0 unspecified atom stereocenters. The quantitative estimate of drug-likeness (QED) is 0.777. The van der Waals surface area contributed by atoms with Crippen LogP contribution in [0.3, 0.4) is 0 Å². The number of aliphatic hydroxyl groups excluding tert-OH is 1. The Morgan fingerprint density at radius 3 is 2.87 bits per heavy atom. The van der Waals surface area contributed by atoms with Crippen LogP contribution in [0.25, 0.3) is 11.0 Å². The maximum Gasteiger partial charge on any atom is 0.176 e. The van der Waals surface area contributed by atoms with Gasteiger partial charge in [0.15, 0.2) is 11.3 Å². The number of carbonyl (C=O) groups excluding carboxylic acids is 1. The minimum atomic E-state index is -0.172. The van der Waals surface area contributed by atoms with Crippen molar-refractivity contribution in [2.24, 2.45) is 0 Å². The van der Waals surface area contributed by atoms with Crippen LogP contribution >= 0.6 is 0 Å². The molecular formula is C11H10O4. The third-order valence-electron chi connectivity index (χ3n) is 2.17. The number of ether oxygens (including phenoxy) is 1. The van der Waals surface area contributed by atoms with E-state index in [1.807, 2.05) is 0 Å². The van der Waals surface area contributed by atoms with E-state index < -0.39 is 0 Å². The number of hydrogen-bond acceptors (Lipinski definition) is 4. The van der Waals surface area contributed by atoms with Gasteiger partial charge in [0.25, 0.3) is 0 Å². The lowest BCUT2D eigenvalue weighted by atomic mass is 10.1. The van der Waals surface area contributed by atoms with E-state index in [-0.39, 0.29) is 6.61 Å². The second-order valence-corrected chi connectivity index (χ2v) is 3.13. The van der Waals surface area contributed by atoms with Crippen molar-refractivity contribution < 1.29 is 19.1 Å². The molecule has 2 aromatic rings. The van der Waals surface area contributed by atoms with Gasteiger partial charge in [-0.1, -0.05) is 0 Å². The van der Waals surface area contributed by atoms with Gasteiger partial charge in [-0.2, -0.15) is 0 Å². The molecule has 0 amide bonds. The van der Waals surface area contributed by atoms with Gasteiger partial charge in [-0.15, -0.1) is 0 Å². The molecule has 78 valence electrons. The maximum absolute atomic E-state index is 10.7. The molecule has 0 aliphatic heterocycles. The van der Waals surface area contributed by atoms with Gasteiger partial charge in [-0.05, 0) is 18.2 Å². The number of furan rings is 1. The van der Waals surface area contributed by atoms with E-state index >= 15 is 0 Å². The van der Waals surface area contributed by atoms with Gasteiger partial charge >= 0.3 is 0 Å². The summed E-state index contributed by atoms with van der Waals surface area (Å²) >= 11 is 0. The first-order chi connectivity index (χ1) is 7.28. The van der Waals surface area contributed by atoms with Crippen LogP contribution in [-0.2, 0) is 6.61 Å². The Hall–Kier alpha value is -1.81. The summed E-state index contributed by atoms with van der Waals surface area (Å²) in [5.74, 6) is 0.945. The summed E-state index contributed by atoms with van der Waals surface area (Å²) in [5.41, 5.74) is 1.07. The molecule has 1 heterocycles. The largest absolute Gasteiger partial charge is 0.493 e. The molecular weight excluding hydrogens is 196 g/mol. The van der Waals surface area contributed by atoms with E-state index in [1.54, 1.807) is 18.2 Å². The zero-order chi connectivity index (χ0) is 10.8. The van der Waals surface area contributed by atoms with Crippen LogP contribution < -0.4 is 4.74 Å². The van der Waals surface area contributed by atoms with Crippen molar-refractivity contribution in [1.29, 1.82) is 0 Å². The number of fused-ring (bicyclic) bond motifs is 1. The van der Waals surface area contributed by atoms with E-state index in [2.05, 4.69) is 0 Å². The summed E-state index contributed by atoms with van der Waals surface area (Å²) in [7, 11) is 1.50. The highest BCUT2D eigenvalue weighted by molar-refractivity contribution is 5.90. The van der Waals surface area contributed by atoms with E-state index in [0.29, 0.717) is 22.7 Å². The van der Waals surface area contributed by atoms with Crippen molar-refractivity contribution in [2.75, 3.05) is 7.11 Å². The molecule has 1 aromatic carbocycles. The van der Waals surface area contributed by atoms with E-state index in [1.165, 1.54) is 7.11 Å². The van der Waals surface area contributed by atoms with Gasteiger partial charge in [0.05, 0.1) is 7.11 Å². The maximum atomic E-state index is 10.7. The highest BCUT2D eigenvalue weighted by atomic mass is 16.5. The molecule has 0 aliphatic rings. The Bertz CT molecular complexity index is 499. The molecule has 2 rings (SSSR count). The van der Waals surface area contributed by atoms with Crippen LogP contribution in [0.2, 0.25) is 0 Å². The first kappa shape index (κ1) is 9.73. The van der Waals surface area contributed by atoms with Crippen LogP contribution in [0.1, 0.15) is 16.1 Å². The Balaban J connectivity index is 2.71. The topological polar surface area (TPSA) is 59.7 Å². The lowest BCUT2D eigenvalue weighted by Crippen LogP contribution is -1.86. The number of carbonyl (C=O) groups is 1. The molecule has 1 N–H and O–H groups in total. The zero-order valence-corrected chi connectivity index (χ0v) is 8.19. The van der Waals surface area contributed by atoms with Crippen LogP contribution in [0.15, 0.2) is 22.6 Å². The van der Waals surface area contributed by atoms with Crippen molar-refractivity contribution in [2.45, 2.75) is 6.61 Å². The molecule has 15 heavy (non-hydrogen) atoms. The highest BCUT2D eigenvalue weighted by Crippen LogP contribution is 2.29. The van der Waals surface area contributed by atoms with Crippen LogP contribution in [-0.4, -0.2) is 18.5 Å². The number of methoxy groups -OCH3 is 1. The Morgan fingerprint density at radius 1 is 1.47 bits per heavy atom. The summed E-state index contributed by atoms with van der Waals surface area (Å²) in [6.45, 7) is -0.172. The summed E-state index contributed by atoms with van der Waals surface area (Å²) in [6.07, 6.45) is 0.744. The number of hydrogen-bond donors (Lipinski definition) is 1. The van der Waals surface area contributed by atoms with Crippen molar-refractivity contribution in [3.05, 3.63) is 29.5 Å². The summed E-state index contributed by atoms with van der Waals surface area (Å²) < 4.78 is 10.4. The molecule has 0 bridgehead atoms. The Labute approximate surface area is 86.1 Å². The first-order valence-corrected chi connectivity index (χ1v) is 4.45. The predicted octanol–water partition coefficient (Wildman–Crippen LogP) is 1.75. The smallest absolute Gasteiger partial charge is 0.176 e. The van der Waals surface area contributed by atoms with Gasteiger partial charge in [0, 0.05) is 10.9 Å². The molecule has 0 aliphatic carbocycles. The molecule has 0 atom stereocenters. The van der Waals surface area contributed by atoms with Crippen LogP contribution in [0, 0.1) is 0 Å². The second kappa shape index (κ2) is 3.74. The minimum absolute atomic E-state index is 0.172. The van der Waals surface area contributed by atoms with Gasteiger partial charge < -0.3 is 14.3 Å². The number of aldehydes is 1. The van der Waals surface area contributed by atoms with Gasteiger partial charge in [-0.3, -0.25) is 4.79 Å². The standard InChI is InChI=1S/C11H10O4/c1-14-10-3-7(5-12)2-8-4-9(6-13)15-11(8)10/h2-5,13H,6H2,1H3. The van der Waals surface area contributed by atoms with Gasteiger partial charge in [0.1, 0.15) is 18.7 Å². The second-order valence-electron chi connectivity index (χ2n) is 3.13. The lowest BCUT2D eigenvalue weighted by molar-refractivity contribution is 0.112. The van der Waals surface area contributed by atoms with E-state index in [4.69, 9.17) is 14.3 Å². The normalized spacial score (nSPS) is 10.5. The van der Waals surface area contributed by atoms with Crippen LogP contribution in [0.5, 0.6) is 5.75 Å². The number of benzene rings is 1. The molecule has 0 fully saturated rings. The number of aliphatic hydroxyl groups is 1. The fourth-order valence-electron chi connectivity index (χ4n) is 1.49. The molecule has 0 saturated heterocycles. The molecule has 0 saturated carbocycles. The third-order valence-corrected chi connectivity index (χ3v) is 2.17. The third kappa shape index (κ3) is 1.59.